The Hall–Kier alpha value is -6.98. The molecular weight excluding hydrogens is 649 g/mol. The van der Waals surface area contributed by atoms with Crippen LogP contribution in [-0.4, -0.2) is 11.5 Å². The first-order chi connectivity index (χ1) is 26.2. The highest BCUT2D eigenvalue weighted by Gasteiger charge is 2.40. The molecule has 0 radical (unpaired) electrons. The average Bonchev–Trinajstić information content (AvgIpc) is 3.76. The fraction of sp³-hybridized carbons (Fsp3) is 0. The quantitative estimate of drug-likeness (QED) is 0.175. The van der Waals surface area contributed by atoms with E-state index in [0.717, 1.165) is 89.2 Å². The van der Waals surface area contributed by atoms with Gasteiger partial charge in [-0.1, -0.05) is 109 Å². The standard InChI is InChI=1S/C48H28BNO3/c1-4-12-41-34(8-1)35-9-2-5-13-42(35)50(41)33-21-16-29(17-22-33)30-20-25-40-47(28-30)52-44-15-7-11-39-38-24-19-32(27-46(38)53-49(40)48(39)44)31-18-23-37-36-10-3-6-14-43(36)51-45(37)26-31/h1-28H. The van der Waals surface area contributed by atoms with Gasteiger partial charge in [-0.05, 0) is 88.5 Å². The fourth-order valence-electron chi connectivity index (χ4n) is 8.61. The predicted molar refractivity (Wildman–Crippen MR) is 217 cm³/mol. The van der Waals surface area contributed by atoms with Crippen LogP contribution in [0.4, 0.5) is 0 Å². The number of nitrogens with zero attached hydrogens (tertiary/aromatic N) is 1. The van der Waals surface area contributed by atoms with Crippen LogP contribution in [-0.2, 0) is 0 Å². The van der Waals surface area contributed by atoms with Crippen LogP contribution < -0.4 is 20.3 Å². The summed E-state index contributed by atoms with van der Waals surface area (Å²) >= 11 is 0. The molecule has 4 nitrogen and oxygen atoms in total. The van der Waals surface area contributed by atoms with Crippen molar-refractivity contribution in [3.05, 3.63) is 170 Å². The molecule has 0 saturated heterocycles. The highest BCUT2D eigenvalue weighted by atomic mass is 16.5. The molecule has 0 unspecified atom stereocenters. The summed E-state index contributed by atoms with van der Waals surface area (Å²) in [6, 6.07) is 60.0. The van der Waals surface area contributed by atoms with Gasteiger partial charge >= 0.3 is 6.92 Å². The van der Waals surface area contributed by atoms with Crippen molar-refractivity contribution in [2.24, 2.45) is 0 Å². The first-order valence-electron chi connectivity index (χ1n) is 18.0. The molecule has 2 aromatic heterocycles. The molecule has 0 amide bonds. The molecular formula is C48H28BNO3. The molecule has 8 aromatic carbocycles. The van der Waals surface area contributed by atoms with Gasteiger partial charge in [-0.15, -0.1) is 0 Å². The van der Waals surface area contributed by atoms with Crippen LogP contribution in [0.3, 0.4) is 0 Å². The van der Waals surface area contributed by atoms with Crippen molar-refractivity contribution in [1.82, 2.24) is 4.57 Å². The molecule has 0 saturated carbocycles. The summed E-state index contributed by atoms with van der Waals surface area (Å²) < 4.78 is 22.1. The van der Waals surface area contributed by atoms with Crippen LogP contribution in [0.1, 0.15) is 0 Å². The highest BCUT2D eigenvalue weighted by Crippen LogP contribution is 2.42. The van der Waals surface area contributed by atoms with E-state index >= 15 is 0 Å². The van der Waals surface area contributed by atoms with Gasteiger partial charge in [0.1, 0.15) is 28.4 Å². The zero-order valence-corrected chi connectivity index (χ0v) is 28.4. The van der Waals surface area contributed by atoms with Gasteiger partial charge in [-0.25, -0.2) is 0 Å². The Bertz CT molecular complexity index is 3080. The maximum atomic E-state index is 6.93. The van der Waals surface area contributed by atoms with Gasteiger partial charge in [-0.3, -0.25) is 0 Å². The minimum atomic E-state index is -0.280. The minimum Gasteiger partial charge on any atom is -0.551 e. The van der Waals surface area contributed by atoms with E-state index in [9.17, 15) is 0 Å². The minimum absolute atomic E-state index is 0.280. The van der Waals surface area contributed by atoms with E-state index in [1.807, 2.05) is 18.2 Å². The number of rotatable bonds is 3. The largest absolute Gasteiger partial charge is 0.551 e. The molecule has 10 aromatic rings. The zero-order valence-electron chi connectivity index (χ0n) is 28.4. The van der Waals surface area contributed by atoms with Crippen molar-refractivity contribution < 1.29 is 13.8 Å². The topological polar surface area (TPSA) is 36.5 Å². The van der Waals surface area contributed by atoms with E-state index in [2.05, 4.69) is 156 Å². The third kappa shape index (κ3) is 4.19. The summed E-state index contributed by atoms with van der Waals surface area (Å²) in [5.41, 5.74) is 14.0. The molecule has 4 heterocycles. The molecule has 0 N–H and O–H groups in total. The van der Waals surface area contributed by atoms with Crippen LogP contribution in [0, 0.1) is 0 Å². The van der Waals surface area contributed by atoms with Gasteiger partial charge < -0.3 is 18.4 Å². The molecule has 12 rings (SSSR count). The van der Waals surface area contributed by atoms with Crippen LogP contribution in [0.15, 0.2) is 174 Å². The first-order valence-corrected chi connectivity index (χ1v) is 18.0. The van der Waals surface area contributed by atoms with Crippen molar-refractivity contribution in [3.63, 3.8) is 0 Å². The first kappa shape index (κ1) is 28.7. The number of hydrogen-bond acceptors (Lipinski definition) is 3. The van der Waals surface area contributed by atoms with Crippen LogP contribution in [0.2, 0.25) is 0 Å². The van der Waals surface area contributed by atoms with Crippen LogP contribution in [0.25, 0.3) is 82.8 Å². The second kappa shape index (κ2) is 10.8. The highest BCUT2D eigenvalue weighted by molar-refractivity contribution is 6.84. The van der Waals surface area contributed by atoms with Crippen molar-refractivity contribution in [2.75, 3.05) is 0 Å². The second-order valence-electron chi connectivity index (χ2n) is 14.0. The average molecular weight is 678 g/mol. The zero-order chi connectivity index (χ0) is 34.6. The maximum absolute atomic E-state index is 6.93. The number of benzene rings is 8. The Labute approximate surface area is 305 Å². The van der Waals surface area contributed by atoms with Gasteiger partial charge in [0, 0.05) is 43.7 Å². The summed E-state index contributed by atoms with van der Waals surface area (Å²) in [4.78, 5) is 0. The van der Waals surface area contributed by atoms with E-state index < -0.39 is 0 Å². The lowest BCUT2D eigenvalue weighted by Gasteiger charge is -2.33. The van der Waals surface area contributed by atoms with Crippen LogP contribution in [0.5, 0.6) is 17.2 Å². The van der Waals surface area contributed by atoms with Gasteiger partial charge in [0.2, 0.25) is 0 Å². The van der Waals surface area contributed by atoms with E-state index in [4.69, 9.17) is 13.8 Å². The molecule has 0 atom stereocenters. The van der Waals surface area contributed by atoms with Gasteiger partial charge in [0.25, 0.3) is 0 Å². The molecule has 0 fully saturated rings. The number of ether oxygens (including phenoxy) is 1. The van der Waals surface area contributed by atoms with E-state index in [1.165, 1.54) is 21.8 Å². The van der Waals surface area contributed by atoms with Crippen molar-refractivity contribution in [1.29, 1.82) is 0 Å². The number of fused-ring (bicyclic) bond motifs is 10. The lowest BCUT2D eigenvalue weighted by Crippen LogP contribution is -2.53. The fourth-order valence-corrected chi connectivity index (χ4v) is 8.61. The lowest BCUT2D eigenvalue weighted by atomic mass is 9.51. The Morgan fingerprint density at radius 1 is 0.415 bits per heavy atom. The molecule has 2 aliphatic heterocycles. The summed E-state index contributed by atoms with van der Waals surface area (Å²) in [6.07, 6.45) is 0. The molecule has 246 valence electrons. The molecule has 5 heteroatoms. The SMILES string of the molecule is c1cc2c3c(c1)-c1ccc(-c4ccc5c(c4)oc4ccccc45)cc1OB3c1ccc(-c3ccc(-n4c5ccccc5c5ccccc54)cc3)cc1O2. The molecule has 53 heavy (non-hydrogen) atoms. The van der Waals surface area contributed by atoms with Crippen molar-refractivity contribution >= 4 is 61.6 Å². The summed E-state index contributed by atoms with van der Waals surface area (Å²) in [5.74, 6) is 2.52. The van der Waals surface area contributed by atoms with Gasteiger partial charge in [0.15, 0.2) is 0 Å². The Morgan fingerprint density at radius 2 is 1.06 bits per heavy atom. The van der Waals surface area contributed by atoms with E-state index in [-0.39, 0.29) is 6.92 Å². The monoisotopic (exact) mass is 677 g/mol. The Balaban J connectivity index is 0.902. The number of para-hydroxylation sites is 3. The van der Waals surface area contributed by atoms with Crippen molar-refractivity contribution in [3.8, 4) is 56.3 Å². The smallest absolute Gasteiger partial charge is 0.434 e. The van der Waals surface area contributed by atoms with Crippen LogP contribution >= 0.6 is 0 Å². The third-order valence-electron chi connectivity index (χ3n) is 11.1. The number of aromatic nitrogens is 1. The molecule has 0 aliphatic carbocycles. The predicted octanol–water partition coefficient (Wildman–Crippen LogP) is 11.3. The number of hydrogen-bond donors (Lipinski definition) is 0. The van der Waals surface area contributed by atoms with Gasteiger partial charge in [0.05, 0.1) is 11.0 Å². The summed E-state index contributed by atoms with van der Waals surface area (Å²) in [6.45, 7) is -0.280. The molecule has 2 aliphatic rings. The number of furan rings is 1. The normalized spacial score (nSPS) is 12.8. The summed E-state index contributed by atoms with van der Waals surface area (Å²) in [7, 11) is 0. The third-order valence-corrected chi connectivity index (χ3v) is 11.1. The molecule has 0 bridgehead atoms. The Kier molecular flexibility index (Phi) is 5.83. The summed E-state index contributed by atoms with van der Waals surface area (Å²) in [5, 5.41) is 4.77. The van der Waals surface area contributed by atoms with Crippen molar-refractivity contribution in [2.45, 2.75) is 0 Å². The van der Waals surface area contributed by atoms with E-state index in [0.29, 0.717) is 0 Å². The molecule has 0 spiro atoms. The Morgan fingerprint density at radius 3 is 1.89 bits per heavy atom. The lowest BCUT2D eigenvalue weighted by molar-refractivity contribution is 0.479. The maximum Gasteiger partial charge on any atom is 0.434 e. The van der Waals surface area contributed by atoms with Gasteiger partial charge in [-0.2, -0.15) is 0 Å². The van der Waals surface area contributed by atoms with E-state index in [1.54, 1.807) is 0 Å². The second-order valence-corrected chi connectivity index (χ2v) is 14.0.